The standard InChI is InChI=1S/C20H20N4O3/c1-20(2)15(12-23-19(26)22-3)18(24-9-5-4-6-17(24)25)14-10-13(11-21)7-8-16(14)27-20/h4-10H,12H2,1-3H3,(H2,22,23,26). The van der Waals surface area contributed by atoms with Gasteiger partial charge in [-0.05, 0) is 38.1 Å². The largest absolute Gasteiger partial charge is 0.483 e. The molecule has 7 heteroatoms. The number of ether oxygens (including phenoxy) is 1. The van der Waals surface area contributed by atoms with Crippen LogP contribution in [0.3, 0.4) is 0 Å². The predicted molar refractivity (Wildman–Crippen MR) is 101 cm³/mol. The molecule has 1 aliphatic rings. The van der Waals surface area contributed by atoms with Crippen molar-refractivity contribution in [2.75, 3.05) is 13.6 Å². The van der Waals surface area contributed by atoms with Gasteiger partial charge in [-0.25, -0.2) is 4.79 Å². The van der Waals surface area contributed by atoms with Crippen LogP contribution < -0.4 is 20.9 Å². The molecule has 27 heavy (non-hydrogen) atoms. The van der Waals surface area contributed by atoms with Gasteiger partial charge in [0, 0.05) is 37.0 Å². The first-order chi connectivity index (χ1) is 12.9. The number of nitriles is 1. The van der Waals surface area contributed by atoms with Crippen molar-refractivity contribution in [1.29, 1.82) is 5.26 Å². The van der Waals surface area contributed by atoms with E-state index in [2.05, 4.69) is 16.7 Å². The fraction of sp³-hybridized carbons (Fsp3) is 0.250. The van der Waals surface area contributed by atoms with Crippen LogP contribution in [0.1, 0.15) is 25.0 Å². The molecule has 2 N–H and O–H groups in total. The summed E-state index contributed by atoms with van der Waals surface area (Å²) in [6.45, 7) is 3.94. The highest BCUT2D eigenvalue weighted by atomic mass is 16.5. The van der Waals surface area contributed by atoms with Crippen molar-refractivity contribution in [3.63, 3.8) is 0 Å². The van der Waals surface area contributed by atoms with E-state index in [0.717, 1.165) is 5.57 Å². The lowest BCUT2D eigenvalue weighted by Gasteiger charge is -2.37. The maximum atomic E-state index is 12.6. The fourth-order valence-corrected chi connectivity index (χ4v) is 3.10. The maximum absolute atomic E-state index is 12.6. The quantitative estimate of drug-likeness (QED) is 0.871. The predicted octanol–water partition coefficient (Wildman–Crippen LogP) is 2.08. The number of hydrogen-bond donors (Lipinski definition) is 2. The van der Waals surface area contributed by atoms with Crippen LogP contribution in [0.5, 0.6) is 5.75 Å². The van der Waals surface area contributed by atoms with E-state index in [1.807, 2.05) is 13.8 Å². The van der Waals surface area contributed by atoms with Gasteiger partial charge in [0.05, 0.1) is 17.3 Å². The minimum atomic E-state index is -0.771. The first kappa shape index (κ1) is 18.3. The lowest BCUT2D eigenvalue weighted by atomic mass is 9.88. The molecule has 1 aromatic carbocycles. The molecule has 1 aliphatic heterocycles. The molecule has 0 fully saturated rings. The van der Waals surface area contributed by atoms with Crippen molar-refractivity contribution >= 4 is 11.7 Å². The number of amides is 2. The Labute approximate surface area is 156 Å². The zero-order chi connectivity index (χ0) is 19.6. The van der Waals surface area contributed by atoms with E-state index in [-0.39, 0.29) is 18.1 Å². The number of carbonyl (C=O) groups is 1. The lowest BCUT2D eigenvalue weighted by Crippen LogP contribution is -2.44. The molecule has 0 atom stereocenters. The first-order valence-electron chi connectivity index (χ1n) is 8.48. The third kappa shape index (κ3) is 3.42. The molecular weight excluding hydrogens is 344 g/mol. The average molecular weight is 364 g/mol. The molecule has 2 amide bonds. The summed E-state index contributed by atoms with van der Waals surface area (Å²) in [5, 5.41) is 14.6. The number of fused-ring (bicyclic) bond motifs is 1. The molecule has 0 spiro atoms. The number of hydrogen-bond acceptors (Lipinski definition) is 4. The molecule has 0 bridgehead atoms. The Morgan fingerprint density at radius 2 is 2.07 bits per heavy atom. The minimum Gasteiger partial charge on any atom is -0.483 e. The topological polar surface area (TPSA) is 96.2 Å². The summed E-state index contributed by atoms with van der Waals surface area (Å²) in [6.07, 6.45) is 1.67. The first-order valence-corrected chi connectivity index (χ1v) is 8.48. The zero-order valence-electron chi connectivity index (χ0n) is 15.4. The van der Waals surface area contributed by atoms with Gasteiger partial charge in [0.1, 0.15) is 11.4 Å². The third-order valence-corrected chi connectivity index (χ3v) is 4.46. The van der Waals surface area contributed by atoms with Crippen molar-refractivity contribution < 1.29 is 9.53 Å². The van der Waals surface area contributed by atoms with Crippen molar-refractivity contribution in [3.05, 3.63) is 69.6 Å². The minimum absolute atomic E-state index is 0.180. The second-order valence-electron chi connectivity index (χ2n) is 6.60. The third-order valence-electron chi connectivity index (χ3n) is 4.46. The van der Waals surface area contributed by atoms with Gasteiger partial charge < -0.3 is 15.4 Å². The van der Waals surface area contributed by atoms with Gasteiger partial charge in [-0.15, -0.1) is 0 Å². The highest BCUT2D eigenvalue weighted by Gasteiger charge is 2.36. The van der Waals surface area contributed by atoms with E-state index >= 15 is 0 Å². The Balaban J connectivity index is 2.30. The number of urea groups is 1. The van der Waals surface area contributed by atoms with Crippen molar-refractivity contribution in [1.82, 2.24) is 15.2 Å². The van der Waals surface area contributed by atoms with Gasteiger partial charge >= 0.3 is 6.03 Å². The smallest absolute Gasteiger partial charge is 0.314 e. The Bertz CT molecular complexity index is 1030. The van der Waals surface area contributed by atoms with E-state index < -0.39 is 5.60 Å². The van der Waals surface area contributed by atoms with Crippen LogP contribution >= 0.6 is 0 Å². The van der Waals surface area contributed by atoms with Crippen LogP contribution in [0.15, 0.2) is 53.0 Å². The molecule has 3 rings (SSSR count). The fourth-order valence-electron chi connectivity index (χ4n) is 3.10. The van der Waals surface area contributed by atoms with Gasteiger partial charge in [-0.3, -0.25) is 9.36 Å². The number of benzene rings is 1. The molecule has 138 valence electrons. The molecular formula is C20H20N4O3. The maximum Gasteiger partial charge on any atom is 0.314 e. The Morgan fingerprint density at radius 3 is 2.74 bits per heavy atom. The average Bonchev–Trinajstić information content (AvgIpc) is 2.65. The molecule has 0 radical (unpaired) electrons. The summed E-state index contributed by atoms with van der Waals surface area (Å²) < 4.78 is 7.65. The Morgan fingerprint density at radius 1 is 1.30 bits per heavy atom. The molecule has 0 aliphatic carbocycles. The number of nitrogens with one attached hydrogen (secondary N) is 2. The summed E-state index contributed by atoms with van der Waals surface area (Å²) in [5.41, 5.74) is 1.44. The van der Waals surface area contributed by atoms with Crippen molar-refractivity contribution in [3.8, 4) is 11.8 Å². The van der Waals surface area contributed by atoms with Gasteiger partial charge in [0.15, 0.2) is 0 Å². The SMILES string of the molecule is CNC(=O)NCC1=C(n2ccccc2=O)c2cc(C#N)ccc2OC1(C)C. The molecule has 0 unspecified atom stereocenters. The summed E-state index contributed by atoms with van der Waals surface area (Å²) in [6, 6.07) is 11.8. The highest BCUT2D eigenvalue weighted by Crippen LogP contribution is 2.41. The number of pyridine rings is 1. The molecule has 0 saturated heterocycles. The van der Waals surface area contributed by atoms with Crippen LogP contribution in [0.4, 0.5) is 4.79 Å². The summed E-state index contributed by atoms with van der Waals surface area (Å²) in [5.74, 6) is 0.577. The van der Waals surface area contributed by atoms with Gasteiger partial charge in [0.25, 0.3) is 5.56 Å². The molecule has 0 saturated carbocycles. The van der Waals surface area contributed by atoms with E-state index in [1.54, 1.807) is 36.5 Å². The van der Waals surface area contributed by atoms with Crippen LogP contribution in [0.2, 0.25) is 0 Å². The van der Waals surface area contributed by atoms with E-state index in [1.165, 1.54) is 17.7 Å². The van der Waals surface area contributed by atoms with E-state index in [4.69, 9.17) is 4.74 Å². The van der Waals surface area contributed by atoms with E-state index in [9.17, 15) is 14.9 Å². The Hall–Kier alpha value is -3.53. The summed E-state index contributed by atoms with van der Waals surface area (Å²) in [4.78, 5) is 24.3. The molecule has 7 nitrogen and oxygen atoms in total. The summed E-state index contributed by atoms with van der Waals surface area (Å²) >= 11 is 0. The molecule has 2 heterocycles. The van der Waals surface area contributed by atoms with Gasteiger partial charge in [0.2, 0.25) is 0 Å². The number of aromatic nitrogens is 1. The highest BCUT2D eigenvalue weighted by molar-refractivity contribution is 5.79. The monoisotopic (exact) mass is 364 g/mol. The van der Waals surface area contributed by atoms with Crippen LogP contribution in [-0.2, 0) is 0 Å². The van der Waals surface area contributed by atoms with Gasteiger partial charge in [-0.2, -0.15) is 5.26 Å². The second-order valence-corrected chi connectivity index (χ2v) is 6.60. The van der Waals surface area contributed by atoms with E-state index in [0.29, 0.717) is 22.6 Å². The van der Waals surface area contributed by atoms with Crippen LogP contribution in [0.25, 0.3) is 5.70 Å². The number of carbonyl (C=O) groups excluding carboxylic acids is 1. The van der Waals surface area contributed by atoms with Gasteiger partial charge in [-0.1, -0.05) is 6.07 Å². The number of nitrogens with zero attached hydrogens (tertiary/aromatic N) is 2. The normalized spacial score (nSPS) is 14.6. The van der Waals surface area contributed by atoms with Crippen LogP contribution in [-0.4, -0.2) is 29.8 Å². The summed E-state index contributed by atoms with van der Waals surface area (Å²) in [7, 11) is 1.53. The van der Waals surface area contributed by atoms with Crippen molar-refractivity contribution in [2.45, 2.75) is 19.4 Å². The Kier molecular flexibility index (Phi) is 4.74. The zero-order valence-corrected chi connectivity index (χ0v) is 15.4. The molecule has 1 aromatic heterocycles. The molecule has 2 aromatic rings. The van der Waals surface area contributed by atoms with Crippen LogP contribution in [0, 0.1) is 11.3 Å². The van der Waals surface area contributed by atoms with Crippen molar-refractivity contribution in [2.24, 2.45) is 0 Å². The number of rotatable bonds is 3. The second kappa shape index (κ2) is 7.00. The lowest BCUT2D eigenvalue weighted by molar-refractivity contribution is 0.141.